The molecule has 0 radical (unpaired) electrons. The number of rotatable bonds is 5. The zero-order valence-electron chi connectivity index (χ0n) is 14.7. The standard InChI is InChI=1S/C20H25ClN4/c1-2-22-20(24-14-18-8-9-19(21)23-13-18)25-11-10-17(15-25)12-16-6-4-3-5-7-16/h3-9,13,17H,2,10-12,14-15H2,1H3,(H,22,24). The molecule has 0 aliphatic carbocycles. The first-order valence-corrected chi connectivity index (χ1v) is 9.30. The van der Waals surface area contributed by atoms with Gasteiger partial charge in [0.1, 0.15) is 5.15 Å². The van der Waals surface area contributed by atoms with E-state index < -0.39 is 0 Å². The molecule has 1 aliphatic heterocycles. The molecule has 1 unspecified atom stereocenters. The van der Waals surface area contributed by atoms with Gasteiger partial charge in [-0.1, -0.05) is 48.0 Å². The summed E-state index contributed by atoms with van der Waals surface area (Å²) < 4.78 is 0. The minimum Gasteiger partial charge on any atom is -0.357 e. The lowest BCUT2D eigenvalue weighted by atomic mass is 9.99. The summed E-state index contributed by atoms with van der Waals surface area (Å²) in [5.41, 5.74) is 2.49. The summed E-state index contributed by atoms with van der Waals surface area (Å²) in [7, 11) is 0. The molecule has 0 bridgehead atoms. The van der Waals surface area contributed by atoms with Crippen LogP contribution in [0.2, 0.25) is 5.15 Å². The molecule has 1 atom stereocenters. The normalized spacial score (nSPS) is 17.8. The van der Waals surface area contributed by atoms with Crippen LogP contribution in [0.4, 0.5) is 0 Å². The van der Waals surface area contributed by atoms with Crippen LogP contribution < -0.4 is 5.32 Å². The Morgan fingerprint density at radius 3 is 2.80 bits per heavy atom. The zero-order chi connectivity index (χ0) is 17.5. The first kappa shape index (κ1) is 17.7. The van der Waals surface area contributed by atoms with Gasteiger partial charge in [-0.3, -0.25) is 0 Å². The maximum atomic E-state index is 5.84. The van der Waals surface area contributed by atoms with Crippen molar-refractivity contribution in [3.05, 3.63) is 64.9 Å². The molecule has 2 heterocycles. The van der Waals surface area contributed by atoms with Gasteiger partial charge in [-0.15, -0.1) is 0 Å². The molecule has 1 fully saturated rings. The molecule has 4 nitrogen and oxygen atoms in total. The average molecular weight is 357 g/mol. The number of hydrogen-bond acceptors (Lipinski definition) is 2. The minimum atomic E-state index is 0.517. The van der Waals surface area contributed by atoms with E-state index >= 15 is 0 Å². The van der Waals surface area contributed by atoms with Crippen molar-refractivity contribution >= 4 is 17.6 Å². The van der Waals surface area contributed by atoms with Gasteiger partial charge < -0.3 is 10.2 Å². The highest BCUT2D eigenvalue weighted by molar-refractivity contribution is 6.29. The molecule has 0 spiro atoms. The SMILES string of the molecule is CCNC(=NCc1ccc(Cl)nc1)N1CCC(Cc2ccccc2)C1. The summed E-state index contributed by atoms with van der Waals surface area (Å²) >= 11 is 5.84. The van der Waals surface area contributed by atoms with E-state index in [1.807, 2.05) is 12.1 Å². The van der Waals surface area contributed by atoms with Crippen LogP contribution in [-0.4, -0.2) is 35.5 Å². The lowest BCUT2D eigenvalue weighted by Crippen LogP contribution is -2.40. The first-order chi connectivity index (χ1) is 12.2. The van der Waals surface area contributed by atoms with Crippen molar-refractivity contribution in [1.29, 1.82) is 0 Å². The van der Waals surface area contributed by atoms with E-state index in [4.69, 9.17) is 16.6 Å². The van der Waals surface area contributed by atoms with Crippen LogP contribution in [0.15, 0.2) is 53.7 Å². The molecule has 1 aromatic heterocycles. The molecule has 1 saturated heterocycles. The number of nitrogens with zero attached hydrogens (tertiary/aromatic N) is 3. The van der Waals surface area contributed by atoms with Gasteiger partial charge in [0.25, 0.3) is 0 Å². The maximum absolute atomic E-state index is 5.84. The molecule has 132 valence electrons. The second kappa shape index (κ2) is 8.86. The summed E-state index contributed by atoms with van der Waals surface area (Å²) in [6.45, 7) is 5.71. The third-order valence-electron chi connectivity index (χ3n) is 4.49. The van der Waals surface area contributed by atoms with E-state index in [1.165, 1.54) is 12.0 Å². The Labute approximate surface area is 154 Å². The lowest BCUT2D eigenvalue weighted by molar-refractivity contribution is 0.460. The number of guanidine groups is 1. The van der Waals surface area contributed by atoms with E-state index in [2.05, 4.69) is 52.5 Å². The number of benzene rings is 1. The molecule has 3 rings (SSSR count). The van der Waals surface area contributed by atoms with Crippen molar-refractivity contribution in [3.63, 3.8) is 0 Å². The van der Waals surface area contributed by atoms with E-state index in [0.29, 0.717) is 17.6 Å². The van der Waals surface area contributed by atoms with Crippen molar-refractivity contribution < 1.29 is 0 Å². The summed E-state index contributed by atoms with van der Waals surface area (Å²) in [5.74, 6) is 1.68. The van der Waals surface area contributed by atoms with Crippen molar-refractivity contribution in [1.82, 2.24) is 15.2 Å². The van der Waals surface area contributed by atoms with Crippen LogP contribution >= 0.6 is 11.6 Å². The van der Waals surface area contributed by atoms with Gasteiger partial charge in [-0.2, -0.15) is 0 Å². The minimum absolute atomic E-state index is 0.517. The highest BCUT2D eigenvalue weighted by Crippen LogP contribution is 2.21. The fourth-order valence-corrected chi connectivity index (χ4v) is 3.34. The van der Waals surface area contributed by atoms with Crippen LogP contribution in [0.25, 0.3) is 0 Å². The predicted molar refractivity (Wildman–Crippen MR) is 104 cm³/mol. The topological polar surface area (TPSA) is 40.5 Å². The van der Waals surface area contributed by atoms with Gasteiger partial charge >= 0.3 is 0 Å². The molecule has 1 N–H and O–H groups in total. The molecule has 0 saturated carbocycles. The third kappa shape index (κ3) is 5.20. The predicted octanol–water partition coefficient (Wildman–Crippen LogP) is 3.77. The van der Waals surface area contributed by atoms with Gasteiger partial charge in [-0.25, -0.2) is 9.98 Å². The van der Waals surface area contributed by atoms with Gasteiger partial charge in [0.05, 0.1) is 6.54 Å². The van der Waals surface area contributed by atoms with Crippen molar-refractivity contribution in [2.75, 3.05) is 19.6 Å². The Kier molecular flexibility index (Phi) is 6.29. The number of nitrogens with one attached hydrogen (secondary N) is 1. The molecule has 0 amide bonds. The van der Waals surface area contributed by atoms with Crippen molar-refractivity contribution in [2.24, 2.45) is 10.9 Å². The number of halogens is 1. The van der Waals surface area contributed by atoms with Gasteiger partial charge in [-0.05, 0) is 42.9 Å². The second-order valence-electron chi connectivity index (χ2n) is 6.45. The molecule has 5 heteroatoms. The lowest BCUT2D eigenvalue weighted by Gasteiger charge is -2.21. The number of pyridine rings is 1. The Bertz CT molecular complexity index is 685. The molecular weight excluding hydrogens is 332 g/mol. The first-order valence-electron chi connectivity index (χ1n) is 8.92. The zero-order valence-corrected chi connectivity index (χ0v) is 15.4. The molecule has 1 aromatic carbocycles. The summed E-state index contributed by atoms with van der Waals surface area (Å²) in [6, 6.07) is 14.5. The van der Waals surface area contributed by atoms with Crippen LogP contribution in [0.5, 0.6) is 0 Å². The molecule has 25 heavy (non-hydrogen) atoms. The summed E-state index contributed by atoms with van der Waals surface area (Å²) in [5, 5.41) is 3.94. The van der Waals surface area contributed by atoms with E-state index in [0.717, 1.165) is 37.6 Å². The van der Waals surface area contributed by atoms with E-state index in [1.54, 1.807) is 6.20 Å². The Balaban J connectivity index is 1.60. The molecule has 1 aliphatic rings. The van der Waals surface area contributed by atoms with Crippen LogP contribution in [0.3, 0.4) is 0 Å². The van der Waals surface area contributed by atoms with E-state index in [-0.39, 0.29) is 0 Å². The number of aromatic nitrogens is 1. The van der Waals surface area contributed by atoms with Gasteiger partial charge in [0, 0.05) is 25.8 Å². The fraction of sp³-hybridized carbons (Fsp3) is 0.400. The maximum Gasteiger partial charge on any atom is 0.194 e. The van der Waals surface area contributed by atoms with Crippen LogP contribution in [-0.2, 0) is 13.0 Å². The molecule has 2 aromatic rings. The fourth-order valence-electron chi connectivity index (χ4n) is 3.23. The van der Waals surface area contributed by atoms with Gasteiger partial charge in [0.15, 0.2) is 5.96 Å². The Morgan fingerprint density at radius 2 is 2.08 bits per heavy atom. The monoisotopic (exact) mass is 356 g/mol. The highest BCUT2D eigenvalue weighted by Gasteiger charge is 2.24. The smallest absolute Gasteiger partial charge is 0.194 e. The summed E-state index contributed by atoms with van der Waals surface area (Å²) in [4.78, 5) is 11.3. The number of likely N-dealkylation sites (tertiary alicyclic amines) is 1. The number of hydrogen-bond donors (Lipinski definition) is 1. The van der Waals surface area contributed by atoms with Crippen LogP contribution in [0, 0.1) is 5.92 Å². The van der Waals surface area contributed by atoms with Crippen molar-refractivity contribution in [3.8, 4) is 0 Å². The van der Waals surface area contributed by atoms with Crippen molar-refractivity contribution in [2.45, 2.75) is 26.3 Å². The largest absolute Gasteiger partial charge is 0.357 e. The van der Waals surface area contributed by atoms with E-state index in [9.17, 15) is 0 Å². The highest BCUT2D eigenvalue weighted by atomic mass is 35.5. The average Bonchev–Trinajstić information content (AvgIpc) is 3.09. The van der Waals surface area contributed by atoms with Gasteiger partial charge in [0.2, 0.25) is 0 Å². The summed E-state index contributed by atoms with van der Waals surface area (Å²) in [6.07, 6.45) is 4.14. The second-order valence-corrected chi connectivity index (χ2v) is 6.84. The Hall–Kier alpha value is -2.07. The quantitative estimate of drug-likeness (QED) is 0.503. The Morgan fingerprint density at radius 1 is 1.24 bits per heavy atom. The third-order valence-corrected chi connectivity index (χ3v) is 4.71. The number of aliphatic imine (C=N–C) groups is 1. The van der Waals surface area contributed by atoms with Crippen LogP contribution in [0.1, 0.15) is 24.5 Å². The molecular formula is C20H25ClN4.